The molecule has 0 radical (unpaired) electrons. The maximum absolute atomic E-state index is 10.9. The van der Waals surface area contributed by atoms with Gasteiger partial charge in [0.15, 0.2) is 0 Å². The van der Waals surface area contributed by atoms with Gasteiger partial charge in [0.2, 0.25) is 0 Å². The number of hydrogen-bond donors (Lipinski definition) is 0. The van der Waals surface area contributed by atoms with Gasteiger partial charge in [-0.2, -0.15) is 0 Å². The molecular formula is C10H10O3. The first-order chi connectivity index (χ1) is 6.29. The molecule has 0 saturated heterocycles. The SMILES string of the molecule is CCCc1cc2ccc1OC(=O)O2. The molecule has 0 N–H and O–H groups in total. The maximum Gasteiger partial charge on any atom is 0.519 e. The van der Waals surface area contributed by atoms with Crippen LogP contribution in [0.2, 0.25) is 0 Å². The molecule has 2 aliphatic rings. The Morgan fingerprint density at radius 2 is 2.15 bits per heavy atom. The molecule has 3 heteroatoms. The standard InChI is InChI=1S/C10H10O3/c1-2-3-7-6-8-4-5-9(7)13-10(11)12-8/h4-6H,2-3H2,1H3. The molecule has 0 amide bonds. The van der Waals surface area contributed by atoms with Crippen molar-refractivity contribution in [1.29, 1.82) is 0 Å². The van der Waals surface area contributed by atoms with E-state index < -0.39 is 6.16 Å². The van der Waals surface area contributed by atoms with Crippen LogP contribution in [-0.2, 0) is 6.42 Å². The normalized spacial score (nSPS) is 13.5. The van der Waals surface area contributed by atoms with Crippen LogP contribution in [0.25, 0.3) is 0 Å². The number of aryl methyl sites for hydroxylation is 1. The second-order valence-corrected chi connectivity index (χ2v) is 2.97. The Morgan fingerprint density at radius 3 is 2.92 bits per heavy atom. The summed E-state index contributed by atoms with van der Waals surface area (Å²) in [6, 6.07) is 5.36. The fourth-order valence-corrected chi connectivity index (χ4v) is 1.39. The lowest BCUT2D eigenvalue weighted by Crippen LogP contribution is -2.10. The smallest absolute Gasteiger partial charge is 0.395 e. The highest BCUT2D eigenvalue weighted by Crippen LogP contribution is 2.29. The third kappa shape index (κ3) is 1.49. The summed E-state index contributed by atoms with van der Waals surface area (Å²) in [5.41, 5.74) is 1.03. The number of rotatable bonds is 2. The topological polar surface area (TPSA) is 35.5 Å². The highest BCUT2D eigenvalue weighted by atomic mass is 16.7. The van der Waals surface area contributed by atoms with Crippen molar-refractivity contribution in [2.75, 3.05) is 0 Å². The zero-order chi connectivity index (χ0) is 9.26. The molecule has 1 aromatic carbocycles. The molecule has 3 nitrogen and oxygen atoms in total. The number of hydrogen-bond acceptors (Lipinski definition) is 3. The molecule has 2 bridgehead atoms. The molecule has 1 aromatic rings. The summed E-state index contributed by atoms with van der Waals surface area (Å²) in [4.78, 5) is 10.9. The lowest BCUT2D eigenvalue weighted by molar-refractivity contribution is 0.154. The predicted octanol–water partition coefficient (Wildman–Crippen LogP) is 2.53. The van der Waals surface area contributed by atoms with Crippen LogP contribution in [-0.4, -0.2) is 6.16 Å². The van der Waals surface area contributed by atoms with E-state index in [9.17, 15) is 4.79 Å². The molecule has 0 spiro atoms. The van der Waals surface area contributed by atoms with Crippen LogP contribution in [0.5, 0.6) is 11.5 Å². The molecule has 2 heterocycles. The van der Waals surface area contributed by atoms with Crippen LogP contribution in [0, 0.1) is 0 Å². The largest absolute Gasteiger partial charge is 0.519 e. The monoisotopic (exact) mass is 178 g/mol. The van der Waals surface area contributed by atoms with Gasteiger partial charge in [-0.05, 0) is 30.2 Å². The number of carbonyl (C=O) groups is 1. The number of benzene rings is 1. The van der Waals surface area contributed by atoms with Gasteiger partial charge >= 0.3 is 6.16 Å². The van der Waals surface area contributed by atoms with Crippen molar-refractivity contribution in [3.05, 3.63) is 23.8 Å². The molecule has 0 aliphatic carbocycles. The number of fused-ring (bicyclic) bond motifs is 4. The Labute approximate surface area is 76.3 Å². The summed E-state index contributed by atoms with van der Waals surface area (Å²) in [7, 11) is 0. The van der Waals surface area contributed by atoms with Crippen molar-refractivity contribution < 1.29 is 14.3 Å². The van der Waals surface area contributed by atoms with Gasteiger partial charge in [0, 0.05) is 0 Å². The molecule has 0 fully saturated rings. The quantitative estimate of drug-likeness (QED) is 0.515. The Kier molecular flexibility index (Phi) is 1.93. The van der Waals surface area contributed by atoms with Crippen molar-refractivity contribution in [3.8, 4) is 11.5 Å². The lowest BCUT2D eigenvalue weighted by Gasteiger charge is -2.01. The van der Waals surface area contributed by atoms with E-state index in [-0.39, 0.29) is 0 Å². The molecule has 0 aromatic heterocycles. The van der Waals surface area contributed by atoms with Gasteiger partial charge in [-0.25, -0.2) is 4.79 Å². The van der Waals surface area contributed by atoms with Crippen LogP contribution in [0.15, 0.2) is 18.2 Å². The first-order valence-electron chi connectivity index (χ1n) is 4.32. The summed E-state index contributed by atoms with van der Waals surface area (Å²) in [5, 5.41) is 0. The molecule has 3 rings (SSSR count). The average molecular weight is 178 g/mol. The minimum Gasteiger partial charge on any atom is -0.395 e. The summed E-state index contributed by atoms with van der Waals surface area (Å²) in [6.07, 6.45) is 1.28. The van der Waals surface area contributed by atoms with E-state index in [1.165, 1.54) is 0 Å². The summed E-state index contributed by atoms with van der Waals surface area (Å²) in [6.45, 7) is 2.08. The van der Waals surface area contributed by atoms with Crippen LogP contribution < -0.4 is 9.47 Å². The fraction of sp³-hybridized carbons (Fsp3) is 0.300. The van der Waals surface area contributed by atoms with Crippen molar-refractivity contribution in [2.24, 2.45) is 0 Å². The van der Waals surface area contributed by atoms with Crippen LogP contribution in [0.1, 0.15) is 18.9 Å². The molecular weight excluding hydrogens is 168 g/mol. The minimum atomic E-state index is -0.641. The van der Waals surface area contributed by atoms with Crippen LogP contribution in [0.4, 0.5) is 4.79 Å². The fourth-order valence-electron chi connectivity index (χ4n) is 1.39. The number of ether oxygens (including phenoxy) is 2. The van der Waals surface area contributed by atoms with Gasteiger partial charge in [0.1, 0.15) is 11.5 Å². The lowest BCUT2D eigenvalue weighted by atomic mass is 10.1. The van der Waals surface area contributed by atoms with E-state index in [0.29, 0.717) is 11.5 Å². The van der Waals surface area contributed by atoms with Gasteiger partial charge in [-0.15, -0.1) is 0 Å². The Hall–Kier alpha value is -1.51. The third-order valence-corrected chi connectivity index (χ3v) is 1.95. The third-order valence-electron chi connectivity index (χ3n) is 1.95. The average Bonchev–Trinajstić information content (AvgIpc) is 2.34. The van der Waals surface area contributed by atoms with Crippen molar-refractivity contribution in [3.63, 3.8) is 0 Å². The highest BCUT2D eigenvalue weighted by molar-refractivity contribution is 5.70. The summed E-state index contributed by atoms with van der Waals surface area (Å²) >= 11 is 0. The van der Waals surface area contributed by atoms with E-state index in [2.05, 4.69) is 6.92 Å². The van der Waals surface area contributed by atoms with Gasteiger partial charge in [-0.1, -0.05) is 13.3 Å². The van der Waals surface area contributed by atoms with E-state index in [1.807, 2.05) is 6.07 Å². The zero-order valence-electron chi connectivity index (χ0n) is 7.37. The zero-order valence-corrected chi connectivity index (χ0v) is 7.37. The second-order valence-electron chi connectivity index (χ2n) is 2.97. The molecule has 0 unspecified atom stereocenters. The Morgan fingerprint density at radius 1 is 1.31 bits per heavy atom. The van der Waals surface area contributed by atoms with Gasteiger partial charge in [0.05, 0.1) is 0 Å². The van der Waals surface area contributed by atoms with E-state index >= 15 is 0 Å². The van der Waals surface area contributed by atoms with Gasteiger partial charge in [-0.3, -0.25) is 0 Å². The van der Waals surface area contributed by atoms with Crippen molar-refractivity contribution in [1.82, 2.24) is 0 Å². The van der Waals surface area contributed by atoms with Crippen LogP contribution >= 0.6 is 0 Å². The van der Waals surface area contributed by atoms with Gasteiger partial charge < -0.3 is 9.47 Å². The molecule has 2 aliphatic heterocycles. The minimum absolute atomic E-state index is 0.565. The van der Waals surface area contributed by atoms with Crippen LogP contribution in [0.3, 0.4) is 0 Å². The van der Waals surface area contributed by atoms with E-state index in [1.54, 1.807) is 12.1 Å². The molecule has 68 valence electrons. The summed E-state index contributed by atoms with van der Waals surface area (Å²) in [5.74, 6) is 1.18. The predicted molar refractivity (Wildman–Crippen MR) is 47.1 cm³/mol. The van der Waals surface area contributed by atoms with Crippen molar-refractivity contribution in [2.45, 2.75) is 19.8 Å². The second kappa shape index (κ2) is 3.09. The molecule has 13 heavy (non-hydrogen) atoms. The van der Waals surface area contributed by atoms with E-state index in [4.69, 9.17) is 9.47 Å². The highest BCUT2D eigenvalue weighted by Gasteiger charge is 2.17. The molecule has 0 saturated carbocycles. The Balaban J connectivity index is 2.40. The summed E-state index contributed by atoms with van der Waals surface area (Å²) < 4.78 is 9.80. The number of carbonyl (C=O) groups excluding carboxylic acids is 1. The molecule has 0 atom stereocenters. The van der Waals surface area contributed by atoms with E-state index in [0.717, 1.165) is 18.4 Å². The Bertz CT molecular complexity index is 344. The van der Waals surface area contributed by atoms with Crippen molar-refractivity contribution >= 4 is 6.16 Å². The first-order valence-corrected chi connectivity index (χ1v) is 4.32. The first kappa shape index (κ1) is 8.10. The maximum atomic E-state index is 10.9. The van der Waals surface area contributed by atoms with Gasteiger partial charge in [0.25, 0.3) is 0 Å².